The van der Waals surface area contributed by atoms with Crippen LogP contribution in [0.1, 0.15) is 17.2 Å². The predicted octanol–water partition coefficient (Wildman–Crippen LogP) is 1.71. The molecule has 0 aromatic heterocycles. The Hall–Kier alpha value is -2.22. The third-order valence-electron chi connectivity index (χ3n) is 4.23. The van der Waals surface area contributed by atoms with Crippen LogP contribution in [0.15, 0.2) is 60.7 Å². The molecule has 0 saturated carbocycles. The minimum Gasteiger partial charge on any atom is -0.370 e. The molecule has 1 aliphatic rings. The average molecular weight is 374 g/mol. The Morgan fingerprint density at radius 2 is 1.73 bits per heavy atom. The van der Waals surface area contributed by atoms with Crippen LogP contribution in [0.3, 0.4) is 0 Å². The minimum absolute atomic E-state index is 0.142. The summed E-state index contributed by atoms with van der Waals surface area (Å²) in [6.07, 6.45) is -0.185. The normalized spacial score (nSPS) is 17.8. The summed E-state index contributed by atoms with van der Waals surface area (Å²) in [5.41, 5.74) is 1.69. The standard InChI is InChI=1S/C19H22N2O4S/c22-19(13-20-26(23,24)15-16-7-3-1-4-8-16)21-11-12-25-18(14-21)17-9-5-2-6-10-17/h1-10,18,20H,11-15H2/t18-/m0/s1. The Morgan fingerprint density at radius 3 is 2.42 bits per heavy atom. The van der Waals surface area contributed by atoms with Crippen LogP contribution in [-0.4, -0.2) is 45.5 Å². The molecule has 26 heavy (non-hydrogen) atoms. The van der Waals surface area contributed by atoms with Gasteiger partial charge in [0.15, 0.2) is 0 Å². The van der Waals surface area contributed by atoms with E-state index >= 15 is 0 Å². The van der Waals surface area contributed by atoms with Crippen molar-refractivity contribution < 1.29 is 17.9 Å². The van der Waals surface area contributed by atoms with Gasteiger partial charge in [0.05, 0.1) is 25.4 Å². The van der Waals surface area contributed by atoms with Crippen molar-refractivity contribution in [1.82, 2.24) is 9.62 Å². The van der Waals surface area contributed by atoms with E-state index in [0.717, 1.165) is 5.56 Å². The monoisotopic (exact) mass is 374 g/mol. The number of amides is 1. The molecule has 3 rings (SSSR count). The molecular weight excluding hydrogens is 352 g/mol. The number of benzene rings is 2. The first-order valence-corrected chi connectivity index (χ1v) is 10.1. The second kappa shape index (κ2) is 8.44. The van der Waals surface area contributed by atoms with Gasteiger partial charge in [-0.2, -0.15) is 0 Å². The van der Waals surface area contributed by atoms with Gasteiger partial charge >= 0.3 is 0 Å². The van der Waals surface area contributed by atoms with Crippen molar-refractivity contribution >= 4 is 15.9 Å². The molecule has 138 valence electrons. The van der Waals surface area contributed by atoms with E-state index in [1.165, 1.54) is 0 Å². The highest BCUT2D eigenvalue weighted by Gasteiger charge is 2.26. The van der Waals surface area contributed by atoms with Crippen LogP contribution in [-0.2, 0) is 25.3 Å². The lowest BCUT2D eigenvalue weighted by molar-refractivity contribution is -0.137. The molecule has 1 heterocycles. The topological polar surface area (TPSA) is 75.7 Å². The zero-order chi connectivity index (χ0) is 18.4. The molecule has 0 radical (unpaired) electrons. The van der Waals surface area contributed by atoms with Gasteiger partial charge in [-0.05, 0) is 11.1 Å². The zero-order valence-corrected chi connectivity index (χ0v) is 15.2. The van der Waals surface area contributed by atoms with Gasteiger partial charge in [0.1, 0.15) is 6.10 Å². The third kappa shape index (κ3) is 5.14. The number of hydrogen-bond acceptors (Lipinski definition) is 4. The Kier molecular flexibility index (Phi) is 6.03. The molecule has 1 fully saturated rings. The van der Waals surface area contributed by atoms with Crippen molar-refractivity contribution in [3.63, 3.8) is 0 Å². The van der Waals surface area contributed by atoms with E-state index in [-0.39, 0.29) is 24.3 Å². The fourth-order valence-corrected chi connectivity index (χ4v) is 3.95. The molecule has 1 atom stereocenters. The Labute approximate surface area is 153 Å². The van der Waals surface area contributed by atoms with Gasteiger partial charge in [-0.15, -0.1) is 0 Å². The summed E-state index contributed by atoms with van der Waals surface area (Å²) in [4.78, 5) is 14.1. The average Bonchev–Trinajstić information content (AvgIpc) is 2.67. The molecular formula is C19H22N2O4S. The lowest BCUT2D eigenvalue weighted by atomic mass is 10.1. The first-order valence-electron chi connectivity index (χ1n) is 8.49. The molecule has 0 bridgehead atoms. The smallest absolute Gasteiger partial charge is 0.237 e. The molecule has 0 unspecified atom stereocenters. The van der Waals surface area contributed by atoms with E-state index in [0.29, 0.717) is 25.3 Å². The molecule has 2 aromatic rings. The number of nitrogens with one attached hydrogen (secondary N) is 1. The highest BCUT2D eigenvalue weighted by Crippen LogP contribution is 2.21. The maximum absolute atomic E-state index is 12.4. The highest BCUT2D eigenvalue weighted by atomic mass is 32.2. The predicted molar refractivity (Wildman–Crippen MR) is 98.8 cm³/mol. The van der Waals surface area contributed by atoms with Crippen molar-refractivity contribution in [3.8, 4) is 0 Å². The van der Waals surface area contributed by atoms with E-state index in [1.807, 2.05) is 36.4 Å². The van der Waals surface area contributed by atoms with Crippen molar-refractivity contribution in [2.45, 2.75) is 11.9 Å². The molecule has 1 amide bonds. The minimum atomic E-state index is -3.56. The first kappa shape index (κ1) is 18.6. The molecule has 7 heteroatoms. The van der Waals surface area contributed by atoms with Gasteiger partial charge in [0.25, 0.3) is 0 Å². The molecule has 0 aliphatic carbocycles. The van der Waals surface area contributed by atoms with Crippen LogP contribution < -0.4 is 4.72 Å². The summed E-state index contributed by atoms with van der Waals surface area (Å²) in [7, 11) is -3.56. The quantitative estimate of drug-likeness (QED) is 0.835. The van der Waals surface area contributed by atoms with Crippen LogP contribution in [0.25, 0.3) is 0 Å². The van der Waals surface area contributed by atoms with Crippen molar-refractivity contribution in [2.24, 2.45) is 0 Å². The summed E-state index contributed by atoms with van der Waals surface area (Å²) < 4.78 is 32.5. The van der Waals surface area contributed by atoms with Gasteiger partial charge in [0, 0.05) is 6.54 Å². The fourth-order valence-electron chi connectivity index (χ4n) is 2.87. The van der Waals surface area contributed by atoms with E-state index < -0.39 is 10.0 Å². The Bertz CT molecular complexity index is 825. The third-order valence-corrected chi connectivity index (χ3v) is 5.53. The van der Waals surface area contributed by atoms with Gasteiger partial charge in [-0.3, -0.25) is 4.79 Å². The number of rotatable bonds is 6. The van der Waals surface area contributed by atoms with Crippen molar-refractivity contribution in [3.05, 3.63) is 71.8 Å². The molecule has 1 N–H and O–H groups in total. The summed E-state index contributed by atoms with van der Waals surface area (Å²) >= 11 is 0. The Morgan fingerprint density at radius 1 is 1.08 bits per heavy atom. The number of carbonyl (C=O) groups is 1. The van der Waals surface area contributed by atoms with Crippen LogP contribution in [0, 0.1) is 0 Å². The largest absolute Gasteiger partial charge is 0.370 e. The molecule has 1 aliphatic heterocycles. The lowest BCUT2D eigenvalue weighted by Crippen LogP contribution is -2.46. The number of sulfonamides is 1. The second-order valence-electron chi connectivity index (χ2n) is 6.18. The van der Waals surface area contributed by atoms with Crippen LogP contribution in [0.4, 0.5) is 0 Å². The summed E-state index contributed by atoms with van der Waals surface area (Å²) in [6, 6.07) is 18.6. The SMILES string of the molecule is O=C(CNS(=O)(=O)Cc1ccccc1)N1CCO[C@H](c2ccccc2)C1. The molecule has 2 aromatic carbocycles. The summed E-state index contributed by atoms with van der Waals surface area (Å²) in [5, 5.41) is 0. The zero-order valence-electron chi connectivity index (χ0n) is 14.4. The second-order valence-corrected chi connectivity index (χ2v) is 7.98. The van der Waals surface area contributed by atoms with Gasteiger partial charge in [-0.25, -0.2) is 13.1 Å². The van der Waals surface area contributed by atoms with Crippen LogP contribution in [0.2, 0.25) is 0 Å². The maximum Gasteiger partial charge on any atom is 0.237 e. The molecule has 0 spiro atoms. The summed E-state index contributed by atoms with van der Waals surface area (Å²) in [6.45, 7) is 1.07. The van der Waals surface area contributed by atoms with Crippen molar-refractivity contribution in [2.75, 3.05) is 26.2 Å². The maximum atomic E-state index is 12.4. The molecule has 6 nitrogen and oxygen atoms in total. The Balaban J connectivity index is 1.54. The summed E-state index contributed by atoms with van der Waals surface area (Å²) in [5.74, 6) is -0.387. The van der Waals surface area contributed by atoms with E-state index in [2.05, 4.69) is 4.72 Å². The van der Waals surface area contributed by atoms with Gasteiger partial charge in [-0.1, -0.05) is 60.7 Å². The fraction of sp³-hybridized carbons (Fsp3) is 0.316. The van der Waals surface area contributed by atoms with E-state index in [1.54, 1.807) is 29.2 Å². The number of ether oxygens (including phenoxy) is 1. The molecule has 1 saturated heterocycles. The highest BCUT2D eigenvalue weighted by molar-refractivity contribution is 7.88. The number of nitrogens with zero attached hydrogens (tertiary/aromatic N) is 1. The first-order chi connectivity index (χ1) is 12.5. The number of hydrogen-bond donors (Lipinski definition) is 1. The number of morpholine rings is 1. The van der Waals surface area contributed by atoms with Crippen LogP contribution >= 0.6 is 0 Å². The van der Waals surface area contributed by atoms with Crippen molar-refractivity contribution in [1.29, 1.82) is 0 Å². The van der Waals surface area contributed by atoms with Gasteiger partial charge < -0.3 is 9.64 Å². The van der Waals surface area contributed by atoms with E-state index in [4.69, 9.17) is 4.74 Å². The van der Waals surface area contributed by atoms with Gasteiger partial charge in [0.2, 0.25) is 15.9 Å². The van der Waals surface area contributed by atoms with E-state index in [9.17, 15) is 13.2 Å². The lowest BCUT2D eigenvalue weighted by Gasteiger charge is -2.33. The number of carbonyl (C=O) groups excluding carboxylic acids is 1. The van der Waals surface area contributed by atoms with Crippen LogP contribution in [0.5, 0.6) is 0 Å².